The third-order valence-corrected chi connectivity index (χ3v) is 5.90. The van der Waals surface area contributed by atoms with Crippen LogP contribution in [0.4, 0.5) is 0 Å². The van der Waals surface area contributed by atoms with Crippen LogP contribution in [0.3, 0.4) is 0 Å². The van der Waals surface area contributed by atoms with Crippen LogP contribution in [0.25, 0.3) is 10.9 Å². The van der Waals surface area contributed by atoms with Crippen LogP contribution in [0.2, 0.25) is 0 Å². The number of nitrogens with zero attached hydrogens (tertiary/aromatic N) is 2. The van der Waals surface area contributed by atoms with Gasteiger partial charge in [0.1, 0.15) is 0 Å². The van der Waals surface area contributed by atoms with E-state index in [1.165, 1.54) is 16.5 Å². The highest BCUT2D eigenvalue weighted by Gasteiger charge is 2.34. The zero-order chi connectivity index (χ0) is 18.1. The smallest absolute Gasteiger partial charge is 0.0678 e. The van der Waals surface area contributed by atoms with E-state index in [0.717, 1.165) is 39.3 Å². The van der Waals surface area contributed by atoms with E-state index < -0.39 is 0 Å². The minimum absolute atomic E-state index is 0.285. The second-order valence-corrected chi connectivity index (χ2v) is 8.27. The van der Waals surface area contributed by atoms with E-state index in [2.05, 4.69) is 52.9 Å². The van der Waals surface area contributed by atoms with Gasteiger partial charge in [-0.15, -0.1) is 0 Å². The largest absolute Gasteiger partial charge is 0.396 e. The fourth-order valence-corrected chi connectivity index (χ4v) is 4.80. The summed E-state index contributed by atoms with van der Waals surface area (Å²) in [6.07, 6.45) is 2.60. The normalized spacial score (nSPS) is 31.0. The highest BCUT2D eigenvalue weighted by atomic mass is 16.5. The number of aromatic amines is 1. The first-order valence-electron chi connectivity index (χ1n) is 9.87. The van der Waals surface area contributed by atoms with Gasteiger partial charge in [0, 0.05) is 57.6 Å². The van der Waals surface area contributed by atoms with Gasteiger partial charge in [-0.2, -0.15) is 0 Å². The Hall–Kier alpha value is -1.40. The van der Waals surface area contributed by atoms with E-state index in [4.69, 9.17) is 4.74 Å². The highest BCUT2D eigenvalue weighted by molar-refractivity contribution is 5.79. The molecule has 2 N–H and O–H groups in total. The minimum Gasteiger partial charge on any atom is -0.396 e. The van der Waals surface area contributed by atoms with Gasteiger partial charge in [0.05, 0.1) is 12.2 Å². The second kappa shape index (κ2) is 7.69. The first-order chi connectivity index (χ1) is 12.6. The lowest BCUT2D eigenvalue weighted by molar-refractivity contribution is -0.0727. The number of benzene rings is 1. The van der Waals surface area contributed by atoms with E-state index in [1.807, 2.05) is 6.20 Å². The van der Waals surface area contributed by atoms with Crippen molar-refractivity contribution >= 4 is 10.9 Å². The van der Waals surface area contributed by atoms with Crippen LogP contribution in [0.5, 0.6) is 0 Å². The number of aliphatic hydroxyl groups is 1. The Balaban J connectivity index is 1.38. The number of ether oxygens (including phenoxy) is 1. The quantitative estimate of drug-likeness (QED) is 0.862. The number of likely N-dealkylation sites (tertiary alicyclic amines) is 1. The van der Waals surface area contributed by atoms with Gasteiger partial charge in [-0.3, -0.25) is 9.80 Å². The van der Waals surface area contributed by atoms with Gasteiger partial charge in [0.25, 0.3) is 0 Å². The van der Waals surface area contributed by atoms with E-state index >= 15 is 0 Å². The van der Waals surface area contributed by atoms with Crippen LogP contribution in [-0.2, 0) is 11.3 Å². The Morgan fingerprint density at radius 1 is 1.04 bits per heavy atom. The molecule has 2 aromatic rings. The van der Waals surface area contributed by atoms with Crippen molar-refractivity contribution in [1.82, 2.24) is 14.8 Å². The maximum Gasteiger partial charge on any atom is 0.0678 e. The summed E-state index contributed by atoms with van der Waals surface area (Å²) < 4.78 is 5.86. The summed E-state index contributed by atoms with van der Waals surface area (Å²) in [4.78, 5) is 8.29. The molecule has 4 atom stereocenters. The predicted octanol–water partition coefficient (Wildman–Crippen LogP) is 2.32. The average Bonchev–Trinajstić information content (AvgIpc) is 3.20. The molecule has 2 fully saturated rings. The van der Waals surface area contributed by atoms with Crippen LogP contribution < -0.4 is 0 Å². The molecular weight excluding hydrogens is 326 g/mol. The van der Waals surface area contributed by atoms with Crippen molar-refractivity contribution in [2.24, 2.45) is 11.8 Å². The lowest BCUT2D eigenvalue weighted by atomic mass is 9.96. The van der Waals surface area contributed by atoms with Gasteiger partial charge in [0.2, 0.25) is 0 Å². The van der Waals surface area contributed by atoms with Gasteiger partial charge in [-0.25, -0.2) is 0 Å². The van der Waals surface area contributed by atoms with E-state index in [-0.39, 0.29) is 6.61 Å². The lowest BCUT2D eigenvalue weighted by Crippen LogP contribution is -2.48. The molecular formula is C21H31N3O2. The summed E-state index contributed by atoms with van der Waals surface area (Å²) in [5, 5.41) is 11.2. The molecule has 26 heavy (non-hydrogen) atoms. The van der Waals surface area contributed by atoms with Gasteiger partial charge < -0.3 is 14.8 Å². The number of rotatable bonds is 5. The summed E-state index contributed by atoms with van der Waals surface area (Å²) in [5.74, 6) is 0.910. The molecule has 1 aromatic heterocycles. The lowest BCUT2D eigenvalue weighted by Gasteiger charge is -2.37. The Morgan fingerprint density at radius 3 is 2.58 bits per heavy atom. The summed E-state index contributed by atoms with van der Waals surface area (Å²) >= 11 is 0. The summed E-state index contributed by atoms with van der Waals surface area (Å²) in [7, 11) is 0. The maximum atomic E-state index is 9.89. The van der Waals surface area contributed by atoms with E-state index in [0.29, 0.717) is 24.0 Å². The third-order valence-electron chi connectivity index (χ3n) is 5.90. The molecule has 0 saturated carbocycles. The zero-order valence-electron chi connectivity index (χ0n) is 15.9. The molecule has 2 aliphatic heterocycles. The standard InChI is InChI=1S/C21H31N3O2/c1-15-8-23(9-16(2)26-15)11-19-12-24(13-20(19)14-25)10-17-3-4-21-18(7-17)5-6-22-21/h3-7,15-16,19-20,22,25H,8-14H2,1-2H3/t15-,16+,19-,20-/m0/s1. The number of morpholine rings is 1. The number of hydrogen-bond donors (Lipinski definition) is 2. The monoisotopic (exact) mass is 357 g/mol. The molecule has 0 radical (unpaired) electrons. The molecule has 5 nitrogen and oxygen atoms in total. The van der Waals surface area contributed by atoms with Crippen LogP contribution in [0.15, 0.2) is 30.5 Å². The Kier molecular flexibility index (Phi) is 5.32. The SMILES string of the molecule is C[C@@H]1CN(C[C@H]2CN(Cc3ccc4[nH]ccc4c3)C[C@H]2CO)C[C@H](C)O1. The molecule has 1 aromatic carbocycles. The summed E-state index contributed by atoms with van der Waals surface area (Å²) in [5.41, 5.74) is 2.54. The topological polar surface area (TPSA) is 51.7 Å². The van der Waals surface area contributed by atoms with Crippen molar-refractivity contribution in [3.8, 4) is 0 Å². The Labute approximate surface area is 155 Å². The Morgan fingerprint density at radius 2 is 1.81 bits per heavy atom. The van der Waals surface area contributed by atoms with E-state index in [1.54, 1.807) is 0 Å². The van der Waals surface area contributed by atoms with Crippen molar-refractivity contribution in [2.75, 3.05) is 39.3 Å². The third kappa shape index (κ3) is 3.96. The molecule has 142 valence electrons. The number of aliphatic hydroxyl groups excluding tert-OH is 1. The molecule has 2 saturated heterocycles. The first kappa shape index (κ1) is 18.0. The highest BCUT2D eigenvalue weighted by Crippen LogP contribution is 2.27. The van der Waals surface area contributed by atoms with Crippen molar-refractivity contribution in [3.05, 3.63) is 36.0 Å². The van der Waals surface area contributed by atoms with Crippen LogP contribution in [0, 0.1) is 11.8 Å². The zero-order valence-corrected chi connectivity index (χ0v) is 15.9. The van der Waals surface area contributed by atoms with Crippen molar-refractivity contribution < 1.29 is 9.84 Å². The van der Waals surface area contributed by atoms with E-state index in [9.17, 15) is 5.11 Å². The van der Waals surface area contributed by atoms with Gasteiger partial charge in [-0.1, -0.05) is 6.07 Å². The molecule has 0 amide bonds. The van der Waals surface area contributed by atoms with Crippen molar-refractivity contribution in [1.29, 1.82) is 0 Å². The average molecular weight is 357 g/mol. The Bertz CT molecular complexity index is 721. The van der Waals surface area contributed by atoms with Crippen LogP contribution in [-0.4, -0.2) is 71.4 Å². The fourth-order valence-electron chi connectivity index (χ4n) is 4.80. The number of hydrogen-bond acceptors (Lipinski definition) is 4. The van der Waals surface area contributed by atoms with Gasteiger partial charge in [-0.05, 0) is 54.8 Å². The fraction of sp³-hybridized carbons (Fsp3) is 0.619. The minimum atomic E-state index is 0.285. The predicted molar refractivity (Wildman–Crippen MR) is 104 cm³/mol. The van der Waals surface area contributed by atoms with Crippen molar-refractivity contribution in [2.45, 2.75) is 32.6 Å². The number of fused-ring (bicyclic) bond motifs is 1. The molecule has 0 aliphatic carbocycles. The first-order valence-corrected chi connectivity index (χ1v) is 9.87. The second-order valence-electron chi connectivity index (χ2n) is 8.27. The number of nitrogens with one attached hydrogen (secondary N) is 1. The molecule has 3 heterocycles. The molecule has 2 aliphatic rings. The van der Waals surface area contributed by atoms with Gasteiger partial charge >= 0.3 is 0 Å². The number of H-pyrrole nitrogens is 1. The van der Waals surface area contributed by atoms with Crippen LogP contribution in [0.1, 0.15) is 19.4 Å². The van der Waals surface area contributed by atoms with Gasteiger partial charge in [0.15, 0.2) is 0 Å². The van der Waals surface area contributed by atoms with Crippen molar-refractivity contribution in [3.63, 3.8) is 0 Å². The molecule has 5 heteroatoms. The molecule has 0 unspecified atom stereocenters. The van der Waals surface area contributed by atoms with Crippen LogP contribution >= 0.6 is 0 Å². The summed E-state index contributed by atoms with van der Waals surface area (Å²) in [6.45, 7) is 10.7. The maximum absolute atomic E-state index is 9.89. The number of aromatic nitrogens is 1. The summed E-state index contributed by atoms with van der Waals surface area (Å²) in [6, 6.07) is 8.78. The molecule has 0 bridgehead atoms. The molecule has 4 rings (SSSR count). The molecule has 0 spiro atoms.